The van der Waals surface area contributed by atoms with Crippen LogP contribution in [0.1, 0.15) is 0 Å². The zero-order valence-electron chi connectivity index (χ0n) is 4.30. The van der Waals surface area contributed by atoms with Crippen molar-refractivity contribution in [2.45, 2.75) is 0 Å². The predicted octanol–water partition coefficient (Wildman–Crippen LogP) is -0.307. The third-order valence-electron chi connectivity index (χ3n) is 0.0861. The SMILES string of the molecule is N/C=C/S.O=S(=O)(O)O. The van der Waals surface area contributed by atoms with Crippen LogP contribution in [0, 0.1) is 0 Å². The van der Waals surface area contributed by atoms with Crippen LogP contribution in [0.5, 0.6) is 0 Å². The summed E-state index contributed by atoms with van der Waals surface area (Å²) in [6, 6.07) is 0. The quantitative estimate of drug-likeness (QED) is 0.297. The third kappa shape index (κ3) is 446. The fourth-order valence-electron chi connectivity index (χ4n) is 0. The van der Waals surface area contributed by atoms with Crippen molar-refractivity contribution < 1.29 is 17.5 Å². The molecule has 9 heavy (non-hydrogen) atoms. The van der Waals surface area contributed by atoms with Gasteiger partial charge in [-0.15, -0.1) is 12.6 Å². The van der Waals surface area contributed by atoms with Gasteiger partial charge in [-0.3, -0.25) is 9.11 Å². The average Bonchev–Trinajstić information content (AvgIpc) is 1.61. The van der Waals surface area contributed by atoms with Crippen LogP contribution in [0.25, 0.3) is 0 Å². The second-order valence-corrected chi connectivity index (χ2v) is 1.98. The second-order valence-electron chi connectivity index (χ2n) is 0.789. The maximum Gasteiger partial charge on any atom is 0.394 e. The Morgan fingerprint density at radius 3 is 1.56 bits per heavy atom. The Hall–Kier alpha value is -0.240. The molecule has 0 rings (SSSR count). The minimum Gasteiger partial charge on any atom is -0.404 e. The van der Waals surface area contributed by atoms with Gasteiger partial charge in [0.2, 0.25) is 0 Å². The van der Waals surface area contributed by atoms with Crippen molar-refractivity contribution in [3.05, 3.63) is 11.6 Å². The Morgan fingerprint density at radius 2 is 1.56 bits per heavy atom. The number of rotatable bonds is 0. The summed E-state index contributed by atoms with van der Waals surface area (Å²) in [4.78, 5) is 0. The fourth-order valence-corrected chi connectivity index (χ4v) is 0. The molecule has 0 aliphatic heterocycles. The maximum absolute atomic E-state index is 8.74. The van der Waals surface area contributed by atoms with Gasteiger partial charge in [0, 0.05) is 0 Å². The van der Waals surface area contributed by atoms with Gasteiger partial charge in [0.05, 0.1) is 0 Å². The molecule has 7 heteroatoms. The third-order valence-corrected chi connectivity index (χ3v) is 0.258. The van der Waals surface area contributed by atoms with Crippen LogP contribution in [-0.4, -0.2) is 17.5 Å². The van der Waals surface area contributed by atoms with Crippen LogP contribution in [0.2, 0.25) is 0 Å². The van der Waals surface area contributed by atoms with Gasteiger partial charge in [-0.25, -0.2) is 0 Å². The number of thiol groups is 1. The maximum atomic E-state index is 8.74. The van der Waals surface area contributed by atoms with Crippen LogP contribution in [-0.2, 0) is 10.4 Å². The molecule has 0 bridgehead atoms. The molecule has 0 aromatic carbocycles. The summed E-state index contributed by atoms with van der Waals surface area (Å²) >= 11 is 3.61. The van der Waals surface area contributed by atoms with Crippen molar-refractivity contribution in [3.63, 3.8) is 0 Å². The van der Waals surface area contributed by atoms with Crippen molar-refractivity contribution >= 4 is 23.0 Å². The molecular weight excluding hydrogens is 166 g/mol. The number of hydrogen-bond donors (Lipinski definition) is 4. The van der Waals surface area contributed by atoms with Crippen molar-refractivity contribution in [1.29, 1.82) is 0 Å². The van der Waals surface area contributed by atoms with Gasteiger partial charge in [-0.05, 0) is 11.6 Å². The van der Waals surface area contributed by atoms with Gasteiger partial charge in [-0.1, -0.05) is 0 Å². The molecule has 0 aromatic heterocycles. The van der Waals surface area contributed by atoms with E-state index in [1.54, 1.807) is 0 Å². The summed E-state index contributed by atoms with van der Waals surface area (Å²) in [6.45, 7) is 0. The van der Waals surface area contributed by atoms with Gasteiger partial charge in [0.25, 0.3) is 0 Å². The molecule has 0 atom stereocenters. The molecule has 5 nitrogen and oxygen atoms in total. The molecule has 0 radical (unpaired) electrons. The molecule has 0 saturated carbocycles. The lowest BCUT2D eigenvalue weighted by Gasteiger charge is -1.68. The first kappa shape index (κ1) is 11.5. The van der Waals surface area contributed by atoms with Crippen molar-refractivity contribution in [2.24, 2.45) is 5.73 Å². The lowest BCUT2D eigenvalue weighted by Crippen LogP contribution is -1.89. The lowest BCUT2D eigenvalue weighted by atomic mass is 11.1. The largest absolute Gasteiger partial charge is 0.404 e. The normalized spacial score (nSPS) is 10.6. The summed E-state index contributed by atoms with van der Waals surface area (Å²) in [7, 11) is -4.67. The highest BCUT2D eigenvalue weighted by molar-refractivity contribution is 7.83. The highest BCUT2D eigenvalue weighted by atomic mass is 32.3. The van der Waals surface area contributed by atoms with Crippen LogP contribution in [0.3, 0.4) is 0 Å². The predicted molar refractivity (Wildman–Crippen MR) is 36.5 cm³/mol. The van der Waals surface area contributed by atoms with E-state index in [0.717, 1.165) is 0 Å². The van der Waals surface area contributed by atoms with Gasteiger partial charge in [0.15, 0.2) is 0 Å². The summed E-state index contributed by atoms with van der Waals surface area (Å²) in [5.41, 5.74) is 4.77. The van der Waals surface area contributed by atoms with E-state index in [9.17, 15) is 0 Å². The van der Waals surface area contributed by atoms with Gasteiger partial charge in [-0.2, -0.15) is 8.42 Å². The Labute approximate surface area is 58.5 Å². The molecule has 4 N–H and O–H groups in total. The zero-order valence-corrected chi connectivity index (χ0v) is 6.01. The average molecular weight is 173 g/mol. The van der Waals surface area contributed by atoms with E-state index in [-0.39, 0.29) is 0 Å². The number of nitrogens with two attached hydrogens (primary N) is 1. The Kier molecular flexibility index (Phi) is 7.55. The molecule has 0 aromatic rings. The molecule has 0 aliphatic carbocycles. The van der Waals surface area contributed by atoms with Crippen LogP contribution < -0.4 is 5.73 Å². The highest BCUT2D eigenvalue weighted by Crippen LogP contribution is 1.63. The summed E-state index contributed by atoms with van der Waals surface area (Å²) in [5, 5.41) is 1.47. The minimum absolute atomic E-state index is 1.36. The molecule has 0 amide bonds. The van der Waals surface area contributed by atoms with E-state index >= 15 is 0 Å². The van der Waals surface area contributed by atoms with E-state index < -0.39 is 10.4 Å². The van der Waals surface area contributed by atoms with Gasteiger partial charge >= 0.3 is 10.4 Å². The van der Waals surface area contributed by atoms with Crippen molar-refractivity contribution in [2.75, 3.05) is 0 Å². The molecular formula is C2H7NO4S2. The van der Waals surface area contributed by atoms with E-state index in [4.69, 9.17) is 23.3 Å². The second kappa shape index (κ2) is 5.89. The van der Waals surface area contributed by atoms with Gasteiger partial charge < -0.3 is 5.73 Å². The first-order valence-corrected chi connectivity index (χ1v) is 3.54. The van der Waals surface area contributed by atoms with Gasteiger partial charge in [0.1, 0.15) is 0 Å². The summed E-state index contributed by atoms with van der Waals surface area (Å²) in [5.74, 6) is 0. The molecule has 0 saturated heterocycles. The monoisotopic (exact) mass is 173 g/mol. The number of hydrogen-bond acceptors (Lipinski definition) is 4. The first-order valence-electron chi connectivity index (χ1n) is 1.62. The standard InChI is InChI=1S/C2H5NS.H2O4S/c3-1-2-4;1-5(2,3)4/h1-2,4H,3H2;(H2,1,2,3,4)/b2-1+;. The Bertz CT molecular complexity index is 147. The Morgan fingerprint density at radius 1 is 1.44 bits per heavy atom. The Balaban J connectivity index is 0. The van der Waals surface area contributed by atoms with E-state index in [0.29, 0.717) is 0 Å². The molecule has 0 heterocycles. The van der Waals surface area contributed by atoms with Crippen LogP contribution in [0.4, 0.5) is 0 Å². The molecule has 0 unspecified atom stereocenters. The van der Waals surface area contributed by atoms with Crippen molar-refractivity contribution in [3.8, 4) is 0 Å². The zero-order chi connectivity index (χ0) is 7.91. The summed E-state index contributed by atoms with van der Waals surface area (Å²) < 4.78 is 31.6. The fraction of sp³-hybridized carbons (Fsp3) is 0. The minimum atomic E-state index is -4.67. The topological polar surface area (TPSA) is 101 Å². The van der Waals surface area contributed by atoms with Crippen molar-refractivity contribution in [1.82, 2.24) is 0 Å². The molecule has 0 fully saturated rings. The molecule has 0 aliphatic rings. The van der Waals surface area contributed by atoms with Crippen LogP contribution >= 0.6 is 12.6 Å². The van der Waals surface area contributed by atoms with E-state index in [1.807, 2.05) is 0 Å². The summed E-state index contributed by atoms with van der Waals surface area (Å²) in [6.07, 6.45) is 1.36. The van der Waals surface area contributed by atoms with E-state index in [1.165, 1.54) is 11.6 Å². The first-order chi connectivity index (χ1) is 3.91. The van der Waals surface area contributed by atoms with Crippen LogP contribution in [0.15, 0.2) is 11.6 Å². The molecule has 56 valence electrons. The highest BCUT2D eigenvalue weighted by Gasteiger charge is 1.84. The van der Waals surface area contributed by atoms with E-state index in [2.05, 4.69) is 12.6 Å². The molecule has 0 spiro atoms. The lowest BCUT2D eigenvalue weighted by molar-refractivity contribution is 0.381. The smallest absolute Gasteiger partial charge is 0.394 e.